The molecule has 0 unspecified atom stereocenters. The molecule has 2 aromatic carbocycles. The zero-order valence-electron chi connectivity index (χ0n) is 12.2. The summed E-state index contributed by atoms with van der Waals surface area (Å²) in [4.78, 5) is 11.9. The highest BCUT2D eigenvalue weighted by Crippen LogP contribution is 2.32. The summed E-state index contributed by atoms with van der Waals surface area (Å²) in [5, 5.41) is 0. The second-order valence-electron chi connectivity index (χ2n) is 4.87. The van der Waals surface area contributed by atoms with Crippen LogP contribution in [0.1, 0.15) is 11.1 Å². The van der Waals surface area contributed by atoms with Crippen LogP contribution in [0.15, 0.2) is 42.5 Å². The standard InChI is InChI=1S/C17H16O5/c1-19-14-5-2-12(3-6-14)10-20-17(18)9-13-4-7-15-16(8-13)22-11-21-15/h2-8H,9-11H2,1H3. The van der Waals surface area contributed by atoms with Crippen molar-refractivity contribution in [1.82, 2.24) is 0 Å². The Morgan fingerprint density at radius 1 is 1.05 bits per heavy atom. The Morgan fingerprint density at radius 2 is 1.77 bits per heavy atom. The molecule has 0 N–H and O–H groups in total. The van der Waals surface area contributed by atoms with Gasteiger partial charge in [0.05, 0.1) is 13.5 Å². The van der Waals surface area contributed by atoms with Gasteiger partial charge in [0.15, 0.2) is 11.5 Å². The van der Waals surface area contributed by atoms with E-state index in [-0.39, 0.29) is 25.8 Å². The van der Waals surface area contributed by atoms with Crippen LogP contribution in [0.25, 0.3) is 0 Å². The van der Waals surface area contributed by atoms with Crippen molar-refractivity contribution in [1.29, 1.82) is 0 Å². The van der Waals surface area contributed by atoms with Gasteiger partial charge in [-0.15, -0.1) is 0 Å². The van der Waals surface area contributed by atoms with Crippen LogP contribution in [0, 0.1) is 0 Å². The number of carbonyl (C=O) groups excluding carboxylic acids is 1. The molecule has 5 heteroatoms. The summed E-state index contributed by atoms with van der Waals surface area (Å²) < 4.78 is 20.9. The Labute approximate surface area is 128 Å². The minimum Gasteiger partial charge on any atom is -0.497 e. The Morgan fingerprint density at radius 3 is 2.55 bits per heavy atom. The van der Waals surface area contributed by atoms with Gasteiger partial charge in [-0.2, -0.15) is 0 Å². The monoisotopic (exact) mass is 300 g/mol. The molecule has 114 valence electrons. The maximum Gasteiger partial charge on any atom is 0.310 e. The Balaban J connectivity index is 1.53. The lowest BCUT2D eigenvalue weighted by Gasteiger charge is -2.06. The highest BCUT2D eigenvalue weighted by molar-refractivity contribution is 5.73. The first kappa shape index (κ1) is 14.3. The molecule has 0 atom stereocenters. The van der Waals surface area contributed by atoms with E-state index >= 15 is 0 Å². The molecule has 0 saturated heterocycles. The van der Waals surface area contributed by atoms with E-state index in [4.69, 9.17) is 18.9 Å². The quantitative estimate of drug-likeness (QED) is 0.795. The van der Waals surface area contributed by atoms with E-state index in [2.05, 4.69) is 0 Å². The number of hydrogen-bond acceptors (Lipinski definition) is 5. The Kier molecular flexibility index (Phi) is 4.14. The first-order chi connectivity index (χ1) is 10.7. The zero-order chi connectivity index (χ0) is 15.4. The van der Waals surface area contributed by atoms with Crippen LogP contribution in [-0.2, 0) is 22.6 Å². The van der Waals surface area contributed by atoms with Crippen LogP contribution < -0.4 is 14.2 Å². The van der Waals surface area contributed by atoms with Gasteiger partial charge in [0.2, 0.25) is 6.79 Å². The molecule has 0 spiro atoms. The molecule has 0 radical (unpaired) electrons. The largest absolute Gasteiger partial charge is 0.497 e. The molecule has 0 fully saturated rings. The molecule has 5 nitrogen and oxygen atoms in total. The molecule has 1 heterocycles. The summed E-state index contributed by atoms with van der Waals surface area (Å²) in [7, 11) is 1.61. The molecular weight excluding hydrogens is 284 g/mol. The fourth-order valence-corrected chi connectivity index (χ4v) is 2.15. The number of esters is 1. The number of ether oxygens (including phenoxy) is 4. The summed E-state index contributed by atoms with van der Waals surface area (Å²) in [6, 6.07) is 12.8. The van der Waals surface area contributed by atoms with Gasteiger partial charge in [-0.1, -0.05) is 18.2 Å². The summed E-state index contributed by atoms with van der Waals surface area (Å²) in [5.74, 6) is 1.86. The van der Waals surface area contributed by atoms with Gasteiger partial charge >= 0.3 is 5.97 Å². The zero-order valence-corrected chi connectivity index (χ0v) is 12.2. The van der Waals surface area contributed by atoms with Crippen molar-refractivity contribution in [2.24, 2.45) is 0 Å². The number of methoxy groups -OCH3 is 1. The van der Waals surface area contributed by atoms with Crippen molar-refractivity contribution in [3.63, 3.8) is 0 Å². The molecule has 0 saturated carbocycles. The molecule has 1 aliphatic rings. The minimum atomic E-state index is -0.283. The van der Waals surface area contributed by atoms with Crippen molar-refractivity contribution in [3.8, 4) is 17.2 Å². The van der Waals surface area contributed by atoms with Crippen LogP contribution in [-0.4, -0.2) is 19.9 Å². The van der Waals surface area contributed by atoms with Gasteiger partial charge in [-0.3, -0.25) is 4.79 Å². The van der Waals surface area contributed by atoms with Crippen LogP contribution in [0.3, 0.4) is 0 Å². The fourth-order valence-electron chi connectivity index (χ4n) is 2.15. The van der Waals surface area contributed by atoms with Gasteiger partial charge < -0.3 is 18.9 Å². The lowest BCUT2D eigenvalue weighted by Crippen LogP contribution is -2.08. The predicted octanol–water partition coefficient (Wildman–Crippen LogP) is 2.71. The van der Waals surface area contributed by atoms with Crippen molar-refractivity contribution < 1.29 is 23.7 Å². The average Bonchev–Trinajstić information content (AvgIpc) is 3.01. The SMILES string of the molecule is COc1ccc(COC(=O)Cc2ccc3c(c2)OCO3)cc1. The minimum absolute atomic E-state index is 0.201. The number of benzene rings is 2. The van der Waals surface area contributed by atoms with E-state index in [1.54, 1.807) is 19.2 Å². The summed E-state index contributed by atoms with van der Waals surface area (Å²) in [5.41, 5.74) is 1.75. The molecule has 0 amide bonds. The molecule has 2 aromatic rings. The Bertz CT molecular complexity index is 663. The first-order valence-electron chi connectivity index (χ1n) is 6.91. The maximum atomic E-state index is 11.9. The van der Waals surface area contributed by atoms with Gasteiger partial charge in [0, 0.05) is 0 Å². The molecule has 1 aliphatic heterocycles. The third-order valence-electron chi connectivity index (χ3n) is 3.34. The molecular formula is C17H16O5. The topological polar surface area (TPSA) is 54.0 Å². The third kappa shape index (κ3) is 3.31. The van der Waals surface area contributed by atoms with Crippen molar-refractivity contribution >= 4 is 5.97 Å². The second kappa shape index (κ2) is 6.39. The van der Waals surface area contributed by atoms with Crippen molar-refractivity contribution in [2.75, 3.05) is 13.9 Å². The average molecular weight is 300 g/mol. The van der Waals surface area contributed by atoms with Gasteiger partial charge in [0.25, 0.3) is 0 Å². The molecule has 0 bridgehead atoms. The lowest BCUT2D eigenvalue weighted by atomic mass is 10.1. The Hall–Kier alpha value is -2.69. The van der Waals surface area contributed by atoms with E-state index < -0.39 is 0 Å². The number of rotatable bonds is 5. The van der Waals surface area contributed by atoms with E-state index in [9.17, 15) is 4.79 Å². The molecule has 22 heavy (non-hydrogen) atoms. The van der Waals surface area contributed by atoms with Crippen molar-refractivity contribution in [2.45, 2.75) is 13.0 Å². The number of fused-ring (bicyclic) bond motifs is 1. The molecule has 0 aliphatic carbocycles. The van der Waals surface area contributed by atoms with Gasteiger partial charge in [0.1, 0.15) is 12.4 Å². The summed E-state index contributed by atoms with van der Waals surface area (Å²) in [6.45, 7) is 0.466. The molecule has 0 aromatic heterocycles. The third-order valence-corrected chi connectivity index (χ3v) is 3.34. The van der Waals surface area contributed by atoms with Crippen LogP contribution in [0.5, 0.6) is 17.2 Å². The van der Waals surface area contributed by atoms with E-state index in [0.717, 1.165) is 16.9 Å². The van der Waals surface area contributed by atoms with Crippen molar-refractivity contribution in [3.05, 3.63) is 53.6 Å². The fraction of sp³-hybridized carbons (Fsp3) is 0.235. The van der Waals surface area contributed by atoms with E-state index in [1.165, 1.54) is 0 Å². The van der Waals surface area contributed by atoms with Gasteiger partial charge in [-0.05, 0) is 35.4 Å². The second-order valence-corrected chi connectivity index (χ2v) is 4.87. The number of hydrogen-bond donors (Lipinski definition) is 0. The first-order valence-corrected chi connectivity index (χ1v) is 6.91. The maximum absolute atomic E-state index is 11.9. The highest BCUT2D eigenvalue weighted by atomic mass is 16.7. The van der Waals surface area contributed by atoms with E-state index in [1.807, 2.05) is 30.3 Å². The lowest BCUT2D eigenvalue weighted by molar-refractivity contribution is -0.144. The molecule has 3 rings (SSSR count). The van der Waals surface area contributed by atoms with Crippen LogP contribution in [0.2, 0.25) is 0 Å². The smallest absolute Gasteiger partial charge is 0.310 e. The van der Waals surface area contributed by atoms with Crippen LogP contribution in [0.4, 0.5) is 0 Å². The predicted molar refractivity (Wildman–Crippen MR) is 79.1 cm³/mol. The normalized spacial score (nSPS) is 12.0. The summed E-state index contributed by atoms with van der Waals surface area (Å²) >= 11 is 0. The summed E-state index contributed by atoms with van der Waals surface area (Å²) in [6.07, 6.45) is 0.201. The van der Waals surface area contributed by atoms with Crippen LogP contribution >= 0.6 is 0 Å². The van der Waals surface area contributed by atoms with Gasteiger partial charge in [-0.25, -0.2) is 0 Å². The number of carbonyl (C=O) groups is 1. The highest BCUT2D eigenvalue weighted by Gasteiger charge is 2.14. The van der Waals surface area contributed by atoms with E-state index in [0.29, 0.717) is 11.5 Å².